The predicted molar refractivity (Wildman–Crippen MR) is 67.2 cm³/mol. The number of halogens is 2. The van der Waals surface area contributed by atoms with Crippen LogP contribution in [-0.4, -0.2) is 23.1 Å². The van der Waals surface area contributed by atoms with Gasteiger partial charge < -0.3 is 4.90 Å². The highest BCUT2D eigenvalue weighted by molar-refractivity contribution is 6.33. The summed E-state index contributed by atoms with van der Waals surface area (Å²) in [5.74, 6) is 2.09. The van der Waals surface area contributed by atoms with Crippen LogP contribution >= 0.6 is 23.2 Å². The minimum atomic E-state index is 0.255. The van der Waals surface area contributed by atoms with Crippen molar-refractivity contribution < 1.29 is 0 Å². The van der Waals surface area contributed by atoms with E-state index >= 15 is 0 Å². The standard InChI is InChI=1S/C11H15Cl2N3/c1-7-3-8(2)6-16(5-7)10-9(12)4-14-11(13)15-10/h4,7-8H,3,5-6H2,1-2H3. The van der Waals surface area contributed by atoms with E-state index in [2.05, 4.69) is 28.7 Å². The third-order valence-electron chi connectivity index (χ3n) is 2.86. The molecule has 2 unspecified atom stereocenters. The molecule has 0 amide bonds. The van der Waals surface area contributed by atoms with Crippen molar-refractivity contribution >= 4 is 29.0 Å². The van der Waals surface area contributed by atoms with Crippen molar-refractivity contribution in [1.82, 2.24) is 9.97 Å². The first kappa shape index (κ1) is 11.9. The summed E-state index contributed by atoms with van der Waals surface area (Å²) in [5.41, 5.74) is 0. The number of piperidine rings is 1. The highest BCUT2D eigenvalue weighted by atomic mass is 35.5. The first-order valence-corrected chi connectivity index (χ1v) is 6.25. The van der Waals surface area contributed by atoms with Crippen LogP contribution in [0.25, 0.3) is 0 Å². The van der Waals surface area contributed by atoms with Crippen LogP contribution in [-0.2, 0) is 0 Å². The van der Waals surface area contributed by atoms with Crippen LogP contribution in [0.2, 0.25) is 10.3 Å². The van der Waals surface area contributed by atoms with Crippen molar-refractivity contribution in [3.63, 3.8) is 0 Å². The van der Waals surface area contributed by atoms with Gasteiger partial charge in [-0.3, -0.25) is 0 Å². The lowest BCUT2D eigenvalue weighted by Gasteiger charge is -2.36. The summed E-state index contributed by atoms with van der Waals surface area (Å²) >= 11 is 11.9. The summed E-state index contributed by atoms with van der Waals surface area (Å²) < 4.78 is 0. The number of hydrogen-bond donors (Lipinski definition) is 0. The van der Waals surface area contributed by atoms with Crippen molar-refractivity contribution in [3.05, 3.63) is 16.5 Å². The van der Waals surface area contributed by atoms with E-state index in [0.717, 1.165) is 18.9 Å². The summed E-state index contributed by atoms with van der Waals surface area (Å²) in [5, 5.41) is 0.830. The summed E-state index contributed by atoms with van der Waals surface area (Å²) in [6.07, 6.45) is 2.82. The summed E-state index contributed by atoms with van der Waals surface area (Å²) in [6.45, 7) is 6.47. The molecular formula is C11H15Cl2N3. The number of anilines is 1. The van der Waals surface area contributed by atoms with Gasteiger partial charge in [-0.05, 0) is 29.9 Å². The normalized spacial score (nSPS) is 25.9. The van der Waals surface area contributed by atoms with Gasteiger partial charge >= 0.3 is 0 Å². The monoisotopic (exact) mass is 259 g/mol. The maximum absolute atomic E-state index is 6.10. The van der Waals surface area contributed by atoms with E-state index in [9.17, 15) is 0 Å². The largest absolute Gasteiger partial charge is 0.355 e. The molecule has 1 aromatic rings. The van der Waals surface area contributed by atoms with Gasteiger partial charge in [-0.15, -0.1) is 0 Å². The Bertz CT molecular complexity index is 373. The Morgan fingerprint density at radius 3 is 2.50 bits per heavy atom. The Labute approximate surface area is 106 Å². The third-order valence-corrected chi connectivity index (χ3v) is 3.31. The first-order valence-electron chi connectivity index (χ1n) is 5.49. The van der Waals surface area contributed by atoms with Crippen LogP contribution in [0.15, 0.2) is 6.20 Å². The Hall–Kier alpha value is -0.540. The van der Waals surface area contributed by atoms with Crippen LogP contribution in [0.3, 0.4) is 0 Å². The summed E-state index contributed by atoms with van der Waals surface area (Å²) in [4.78, 5) is 10.3. The molecule has 0 aromatic carbocycles. The molecule has 16 heavy (non-hydrogen) atoms. The maximum atomic E-state index is 6.10. The predicted octanol–water partition coefficient (Wildman–Crippen LogP) is 3.27. The summed E-state index contributed by atoms with van der Waals surface area (Å²) in [6, 6.07) is 0. The van der Waals surface area contributed by atoms with E-state index < -0.39 is 0 Å². The molecule has 2 heterocycles. The molecule has 2 atom stereocenters. The van der Waals surface area contributed by atoms with Crippen LogP contribution in [0, 0.1) is 11.8 Å². The smallest absolute Gasteiger partial charge is 0.224 e. The van der Waals surface area contributed by atoms with Crippen molar-refractivity contribution in [2.75, 3.05) is 18.0 Å². The molecule has 0 aliphatic carbocycles. The molecular weight excluding hydrogens is 245 g/mol. The quantitative estimate of drug-likeness (QED) is 0.726. The van der Waals surface area contributed by atoms with Gasteiger partial charge in [0.2, 0.25) is 5.28 Å². The lowest BCUT2D eigenvalue weighted by Crippen LogP contribution is -2.39. The van der Waals surface area contributed by atoms with E-state index in [-0.39, 0.29) is 5.28 Å². The molecule has 88 valence electrons. The van der Waals surface area contributed by atoms with Crippen LogP contribution in [0.4, 0.5) is 5.82 Å². The lowest BCUT2D eigenvalue weighted by atomic mass is 9.92. The molecule has 0 bridgehead atoms. The fourth-order valence-electron chi connectivity index (χ4n) is 2.39. The van der Waals surface area contributed by atoms with Crippen molar-refractivity contribution in [1.29, 1.82) is 0 Å². The number of nitrogens with zero attached hydrogens (tertiary/aromatic N) is 3. The lowest BCUT2D eigenvalue weighted by molar-refractivity contribution is 0.355. The Kier molecular flexibility index (Phi) is 3.55. The van der Waals surface area contributed by atoms with Crippen LogP contribution in [0.1, 0.15) is 20.3 Å². The topological polar surface area (TPSA) is 29.0 Å². The minimum absolute atomic E-state index is 0.255. The molecule has 0 N–H and O–H groups in total. The Morgan fingerprint density at radius 1 is 1.25 bits per heavy atom. The molecule has 1 aromatic heterocycles. The van der Waals surface area contributed by atoms with Gasteiger partial charge in [0.05, 0.1) is 6.20 Å². The van der Waals surface area contributed by atoms with Crippen LogP contribution < -0.4 is 4.90 Å². The van der Waals surface area contributed by atoms with Gasteiger partial charge in [0.15, 0.2) is 5.82 Å². The van der Waals surface area contributed by atoms with Gasteiger partial charge in [-0.2, -0.15) is 4.98 Å². The Morgan fingerprint density at radius 2 is 1.88 bits per heavy atom. The molecule has 0 saturated carbocycles. The van der Waals surface area contributed by atoms with Crippen molar-refractivity contribution in [2.45, 2.75) is 20.3 Å². The van der Waals surface area contributed by atoms with E-state index in [1.165, 1.54) is 6.42 Å². The Balaban J connectivity index is 2.25. The molecule has 3 nitrogen and oxygen atoms in total. The average Bonchev–Trinajstić information content (AvgIpc) is 2.20. The zero-order chi connectivity index (χ0) is 11.7. The number of rotatable bonds is 1. The van der Waals surface area contributed by atoms with Gasteiger partial charge in [0.25, 0.3) is 0 Å². The first-order chi connectivity index (χ1) is 7.56. The molecule has 0 radical (unpaired) electrons. The van der Waals surface area contributed by atoms with E-state index in [4.69, 9.17) is 23.2 Å². The number of aromatic nitrogens is 2. The second-order valence-electron chi connectivity index (χ2n) is 4.66. The molecule has 1 aliphatic heterocycles. The highest BCUT2D eigenvalue weighted by Crippen LogP contribution is 2.29. The van der Waals surface area contributed by atoms with E-state index in [0.29, 0.717) is 16.9 Å². The molecule has 0 spiro atoms. The zero-order valence-corrected chi connectivity index (χ0v) is 11.0. The SMILES string of the molecule is CC1CC(C)CN(c2nc(Cl)ncc2Cl)C1. The van der Waals surface area contributed by atoms with Gasteiger partial charge in [-0.25, -0.2) is 4.98 Å². The number of hydrogen-bond acceptors (Lipinski definition) is 3. The van der Waals surface area contributed by atoms with Crippen molar-refractivity contribution in [3.8, 4) is 0 Å². The van der Waals surface area contributed by atoms with E-state index in [1.54, 1.807) is 6.20 Å². The van der Waals surface area contributed by atoms with Gasteiger partial charge in [0.1, 0.15) is 5.02 Å². The van der Waals surface area contributed by atoms with Gasteiger partial charge in [-0.1, -0.05) is 25.4 Å². The van der Waals surface area contributed by atoms with Crippen LogP contribution in [0.5, 0.6) is 0 Å². The van der Waals surface area contributed by atoms with E-state index in [1.807, 2.05) is 0 Å². The second-order valence-corrected chi connectivity index (χ2v) is 5.41. The second kappa shape index (κ2) is 4.76. The molecule has 1 fully saturated rings. The summed E-state index contributed by atoms with van der Waals surface area (Å²) in [7, 11) is 0. The molecule has 1 saturated heterocycles. The molecule has 1 aliphatic rings. The maximum Gasteiger partial charge on any atom is 0.224 e. The molecule has 2 rings (SSSR count). The molecule has 5 heteroatoms. The highest BCUT2D eigenvalue weighted by Gasteiger charge is 2.24. The average molecular weight is 260 g/mol. The van der Waals surface area contributed by atoms with Crippen molar-refractivity contribution in [2.24, 2.45) is 11.8 Å². The zero-order valence-electron chi connectivity index (χ0n) is 9.45. The minimum Gasteiger partial charge on any atom is -0.355 e. The fraction of sp³-hybridized carbons (Fsp3) is 0.636. The third kappa shape index (κ3) is 2.58. The van der Waals surface area contributed by atoms with Gasteiger partial charge in [0, 0.05) is 13.1 Å². The fourth-order valence-corrected chi connectivity index (χ4v) is 2.73.